The molecule has 28 heavy (non-hydrogen) atoms. The fraction of sp³-hybridized carbons (Fsp3) is 0.545. The molecule has 0 spiro atoms. The summed E-state index contributed by atoms with van der Waals surface area (Å²) in [6.07, 6.45) is 4.63. The summed E-state index contributed by atoms with van der Waals surface area (Å²) in [5, 5.41) is 3.08. The van der Waals surface area contributed by atoms with Gasteiger partial charge in [-0.1, -0.05) is 25.1 Å². The Balaban J connectivity index is 1.81. The summed E-state index contributed by atoms with van der Waals surface area (Å²) in [4.78, 5) is 27.4. The molecule has 6 heteroatoms. The monoisotopic (exact) mass is 386 g/mol. The summed E-state index contributed by atoms with van der Waals surface area (Å²) in [5.74, 6) is -0.0508. The van der Waals surface area contributed by atoms with Gasteiger partial charge in [0.25, 0.3) is 0 Å². The lowest BCUT2D eigenvalue weighted by Gasteiger charge is -2.43. The van der Waals surface area contributed by atoms with E-state index in [1.54, 1.807) is 0 Å². The van der Waals surface area contributed by atoms with Crippen molar-refractivity contribution in [1.29, 1.82) is 0 Å². The molecule has 0 saturated carbocycles. The number of hydrogen-bond donors (Lipinski definition) is 1. The van der Waals surface area contributed by atoms with Crippen molar-refractivity contribution in [2.45, 2.75) is 38.6 Å². The van der Waals surface area contributed by atoms with Crippen molar-refractivity contribution in [1.82, 2.24) is 4.90 Å². The number of hydrogen-bond acceptors (Lipinski definition) is 5. The Morgan fingerprint density at radius 2 is 2.07 bits per heavy atom. The van der Waals surface area contributed by atoms with Gasteiger partial charge in [-0.3, -0.25) is 9.69 Å². The predicted octanol–water partition coefficient (Wildman–Crippen LogP) is 2.99. The lowest BCUT2D eigenvalue weighted by atomic mass is 9.77. The maximum Gasteiger partial charge on any atom is 0.337 e. The lowest BCUT2D eigenvalue weighted by Crippen LogP contribution is -2.49. The van der Waals surface area contributed by atoms with Crippen molar-refractivity contribution in [3.8, 4) is 0 Å². The standard InChI is InChI=1S/C22H30N2O4/c1-15-13-24-10-6-8-16-7-4-5-9-20(16)23-21(25)12-17(24)11-18(15)19(14-27-2)22(26)28-3/h4-5,7,9,14-15,17-18H,6,8,10-13H2,1-3H3,(H,23,25)/b19-14+/t15-,17?,18-/m0/s1. The number of rotatable bonds is 3. The minimum atomic E-state index is -0.356. The lowest BCUT2D eigenvalue weighted by molar-refractivity contribution is -0.137. The highest BCUT2D eigenvalue weighted by molar-refractivity contribution is 5.92. The highest BCUT2D eigenvalue weighted by Gasteiger charge is 2.38. The van der Waals surface area contributed by atoms with Crippen LogP contribution in [0.4, 0.5) is 5.69 Å². The van der Waals surface area contributed by atoms with Crippen molar-refractivity contribution in [3.05, 3.63) is 41.7 Å². The number of nitrogens with zero attached hydrogens (tertiary/aromatic N) is 1. The minimum Gasteiger partial charge on any atom is -0.504 e. The molecule has 1 amide bonds. The van der Waals surface area contributed by atoms with Gasteiger partial charge in [-0.05, 0) is 49.3 Å². The topological polar surface area (TPSA) is 67.9 Å². The van der Waals surface area contributed by atoms with E-state index >= 15 is 0 Å². The molecule has 1 unspecified atom stereocenters. The second-order valence-electron chi connectivity index (χ2n) is 7.78. The van der Waals surface area contributed by atoms with Gasteiger partial charge < -0.3 is 14.8 Å². The Bertz CT molecular complexity index is 746. The van der Waals surface area contributed by atoms with Gasteiger partial charge in [0.15, 0.2) is 0 Å². The van der Waals surface area contributed by atoms with E-state index in [0.29, 0.717) is 12.0 Å². The van der Waals surface area contributed by atoms with Crippen molar-refractivity contribution in [2.24, 2.45) is 11.8 Å². The van der Waals surface area contributed by atoms with Gasteiger partial charge in [-0.2, -0.15) is 0 Å². The van der Waals surface area contributed by atoms with E-state index in [1.165, 1.54) is 26.0 Å². The first kappa shape index (κ1) is 20.4. The van der Waals surface area contributed by atoms with E-state index in [1.807, 2.05) is 18.2 Å². The third-order valence-electron chi connectivity index (χ3n) is 5.92. The number of esters is 1. The van der Waals surface area contributed by atoms with Gasteiger partial charge in [-0.15, -0.1) is 0 Å². The molecule has 1 N–H and O–H groups in total. The predicted molar refractivity (Wildman–Crippen MR) is 108 cm³/mol. The zero-order valence-electron chi connectivity index (χ0n) is 16.9. The summed E-state index contributed by atoms with van der Waals surface area (Å²) >= 11 is 0. The van der Waals surface area contributed by atoms with E-state index < -0.39 is 0 Å². The van der Waals surface area contributed by atoms with Crippen LogP contribution in [0.2, 0.25) is 0 Å². The number of piperidine rings is 1. The van der Waals surface area contributed by atoms with Crippen LogP contribution in [0.15, 0.2) is 36.1 Å². The minimum absolute atomic E-state index is 0.0108. The van der Waals surface area contributed by atoms with Crippen molar-refractivity contribution >= 4 is 17.6 Å². The number of carbonyl (C=O) groups excluding carboxylic acids is 2. The molecular formula is C22H30N2O4. The van der Waals surface area contributed by atoms with Crippen LogP contribution in [-0.4, -0.2) is 50.1 Å². The summed E-state index contributed by atoms with van der Waals surface area (Å²) in [6.45, 7) is 3.95. The second-order valence-corrected chi connectivity index (χ2v) is 7.78. The van der Waals surface area contributed by atoms with Crippen LogP contribution in [0, 0.1) is 11.8 Å². The first-order valence-corrected chi connectivity index (χ1v) is 9.96. The molecule has 1 fully saturated rings. The zero-order valence-corrected chi connectivity index (χ0v) is 16.9. The highest BCUT2D eigenvalue weighted by atomic mass is 16.5. The van der Waals surface area contributed by atoms with Gasteiger partial charge >= 0.3 is 5.97 Å². The average Bonchev–Trinajstić information content (AvgIpc) is 2.68. The first-order chi connectivity index (χ1) is 13.5. The molecule has 1 aromatic carbocycles. The molecule has 2 aliphatic rings. The summed E-state index contributed by atoms with van der Waals surface area (Å²) in [5.41, 5.74) is 2.66. The molecule has 3 rings (SSSR count). The van der Waals surface area contributed by atoms with E-state index in [9.17, 15) is 9.59 Å². The maximum absolute atomic E-state index is 12.7. The first-order valence-electron chi connectivity index (χ1n) is 9.96. The van der Waals surface area contributed by atoms with Crippen LogP contribution in [0.3, 0.4) is 0 Å². The normalized spacial score (nSPS) is 26.5. The highest BCUT2D eigenvalue weighted by Crippen LogP contribution is 2.36. The number of anilines is 1. The maximum atomic E-state index is 12.7. The molecule has 2 aliphatic heterocycles. The second kappa shape index (κ2) is 9.24. The average molecular weight is 386 g/mol. The molecule has 0 aliphatic carbocycles. The van der Waals surface area contributed by atoms with Gasteiger partial charge in [-0.25, -0.2) is 4.79 Å². The fourth-order valence-corrected chi connectivity index (χ4v) is 4.52. The smallest absolute Gasteiger partial charge is 0.337 e. The Morgan fingerprint density at radius 1 is 1.29 bits per heavy atom. The largest absolute Gasteiger partial charge is 0.504 e. The Kier molecular flexibility index (Phi) is 6.73. The molecule has 2 heterocycles. The van der Waals surface area contributed by atoms with Crippen molar-refractivity contribution < 1.29 is 19.1 Å². The van der Waals surface area contributed by atoms with Gasteiger partial charge in [0.1, 0.15) is 0 Å². The quantitative estimate of drug-likeness (QED) is 0.491. The van der Waals surface area contributed by atoms with Crippen LogP contribution >= 0.6 is 0 Å². The van der Waals surface area contributed by atoms with Crippen molar-refractivity contribution in [3.63, 3.8) is 0 Å². The molecule has 0 radical (unpaired) electrons. The van der Waals surface area contributed by atoms with Gasteiger partial charge in [0, 0.05) is 24.7 Å². The molecule has 1 aromatic rings. The van der Waals surface area contributed by atoms with Crippen LogP contribution in [0.1, 0.15) is 31.7 Å². The van der Waals surface area contributed by atoms with Crippen LogP contribution in [0.25, 0.3) is 0 Å². The number of para-hydroxylation sites is 1. The van der Waals surface area contributed by atoms with Crippen LogP contribution in [0.5, 0.6) is 0 Å². The number of carbonyl (C=O) groups is 2. The third-order valence-corrected chi connectivity index (χ3v) is 5.92. The molecule has 3 atom stereocenters. The Morgan fingerprint density at radius 3 is 2.82 bits per heavy atom. The SMILES string of the molecule is CO/C=C(/C(=O)OC)[C@H]1CC2CC(=O)Nc3ccccc3CCCN2C[C@@H]1C. The van der Waals surface area contributed by atoms with Crippen LogP contribution < -0.4 is 5.32 Å². The molecule has 0 bridgehead atoms. The van der Waals surface area contributed by atoms with Gasteiger partial charge in [0.2, 0.25) is 5.91 Å². The molecule has 6 nitrogen and oxygen atoms in total. The van der Waals surface area contributed by atoms with E-state index in [0.717, 1.165) is 38.0 Å². The zero-order chi connectivity index (χ0) is 20.1. The summed E-state index contributed by atoms with van der Waals surface area (Å²) in [7, 11) is 2.93. The van der Waals surface area contributed by atoms with Crippen LogP contribution in [-0.2, 0) is 25.5 Å². The fourth-order valence-electron chi connectivity index (χ4n) is 4.52. The third kappa shape index (κ3) is 4.55. The molecule has 0 aromatic heterocycles. The number of benzene rings is 1. The van der Waals surface area contributed by atoms with E-state index in [4.69, 9.17) is 9.47 Å². The van der Waals surface area contributed by atoms with E-state index in [-0.39, 0.29) is 29.8 Å². The Labute approximate surface area is 166 Å². The number of methoxy groups -OCH3 is 2. The number of nitrogens with one attached hydrogen (secondary N) is 1. The summed E-state index contributed by atoms with van der Waals surface area (Å²) < 4.78 is 10.1. The number of amides is 1. The van der Waals surface area contributed by atoms with Crippen molar-refractivity contribution in [2.75, 3.05) is 32.6 Å². The number of aryl methyl sites for hydroxylation is 1. The molecule has 152 valence electrons. The van der Waals surface area contributed by atoms with Gasteiger partial charge in [0.05, 0.1) is 26.1 Å². The molecule has 1 saturated heterocycles. The Hall–Kier alpha value is -2.34. The number of fused-ring (bicyclic) bond motifs is 2. The number of ether oxygens (including phenoxy) is 2. The van der Waals surface area contributed by atoms with E-state index in [2.05, 4.69) is 23.2 Å². The molecular weight excluding hydrogens is 356 g/mol. The summed E-state index contributed by atoms with van der Waals surface area (Å²) in [6, 6.07) is 8.12.